The Balaban J connectivity index is 1.48. The number of nitrogens with zero attached hydrogens (tertiary/aromatic N) is 3. The van der Waals surface area contributed by atoms with E-state index in [-0.39, 0.29) is 22.9 Å². The molecule has 6 N–H and O–H groups in total. The summed E-state index contributed by atoms with van der Waals surface area (Å²) in [6.07, 6.45) is -8.75. The molecule has 0 bridgehead atoms. The Morgan fingerprint density at radius 1 is 1.24 bits per heavy atom. The number of H-pyrrole nitrogens is 1. The van der Waals surface area contributed by atoms with Gasteiger partial charge in [-0.3, -0.25) is 19.1 Å². The van der Waals surface area contributed by atoms with Crippen molar-refractivity contribution in [2.45, 2.75) is 63.4 Å². The molecular weight excluding hydrogens is 637 g/mol. The number of rotatable bonds is 11. The third-order valence-corrected chi connectivity index (χ3v) is 9.50. The number of carbonyl (C=O) groups excluding carboxylic acids is 1. The Morgan fingerprint density at radius 3 is 2.67 bits per heavy atom. The summed E-state index contributed by atoms with van der Waals surface area (Å²) in [4.78, 5) is 35.0. The van der Waals surface area contributed by atoms with E-state index in [1.165, 1.54) is 6.92 Å². The van der Waals surface area contributed by atoms with Crippen molar-refractivity contribution in [3.63, 3.8) is 0 Å². The van der Waals surface area contributed by atoms with Crippen molar-refractivity contribution in [1.82, 2.24) is 24.6 Å². The molecule has 0 aliphatic carbocycles. The first-order valence-electron chi connectivity index (χ1n) is 13.7. The molecule has 0 saturated carbocycles. The normalized spacial score (nSPS) is 23.9. The molecule has 14 nitrogen and oxygen atoms in total. The molecule has 1 aliphatic rings. The lowest BCUT2D eigenvalue weighted by molar-refractivity contribution is -0.191. The zero-order valence-electron chi connectivity index (χ0n) is 24.2. The topological polar surface area (TPSA) is 196 Å². The molecule has 2 aromatic carbocycles. The first-order chi connectivity index (χ1) is 21.2. The molecular formula is C27H31F2N6O8PS. The largest absolute Gasteiger partial charge is 0.462 e. The zero-order chi connectivity index (χ0) is 32.7. The number of hydrogen-bond donors (Lipinski definition) is 5. The summed E-state index contributed by atoms with van der Waals surface area (Å²) >= 11 is 5.72. The van der Waals surface area contributed by atoms with Gasteiger partial charge in [0.1, 0.15) is 24.0 Å². The molecule has 0 spiro atoms. The Hall–Kier alpha value is -3.57. The number of anilines is 1. The number of nitrogen functional groups attached to an aromatic ring is 1. The van der Waals surface area contributed by atoms with Gasteiger partial charge in [0.15, 0.2) is 23.0 Å². The second kappa shape index (κ2) is 12.7. The number of nitrogens with two attached hydrogens (primary N) is 1. The molecule has 0 radical (unpaired) electrons. The Bertz CT molecular complexity index is 1820. The number of ether oxygens (including phenoxy) is 2. The quantitative estimate of drug-likeness (QED) is 0.116. The maximum absolute atomic E-state index is 14.9. The number of aliphatic hydroxyl groups is 2. The van der Waals surface area contributed by atoms with Crippen LogP contribution in [0.5, 0.6) is 5.75 Å². The van der Waals surface area contributed by atoms with Gasteiger partial charge in [0, 0.05) is 5.39 Å². The number of carbonyl (C=O) groups is 1. The number of esters is 1. The number of hydrogen-bond acceptors (Lipinski definition) is 12. The first-order valence-corrected chi connectivity index (χ1v) is 16.3. The number of halogens is 2. The third kappa shape index (κ3) is 6.42. The Morgan fingerprint density at radius 2 is 1.96 bits per heavy atom. The minimum atomic E-state index is -3.93. The van der Waals surface area contributed by atoms with Crippen LogP contribution in [0.15, 0.2) is 53.6 Å². The van der Waals surface area contributed by atoms with E-state index >= 15 is 0 Å². The van der Waals surface area contributed by atoms with E-state index in [4.69, 9.17) is 36.1 Å². The predicted molar refractivity (Wildman–Crippen MR) is 162 cm³/mol. The van der Waals surface area contributed by atoms with Crippen LogP contribution in [0.2, 0.25) is 0 Å². The van der Waals surface area contributed by atoms with Crippen LogP contribution in [0.1, 0.15) is 27.0 Å². The maximum Gasteiger partial charge on any atom is 0.323 e. The summed E-state index contributed by atoms with van der Waals surface area (Å²) in [7, 11) is 0. The maximum atomic E-state index is 14.9. The van der Waals surface area contributed by atoms with E-state index in [9.17, 15) is 28.6 Å². The summed E-state index contributed by atoms with van der Waals surface area (Å²) in [5.41, 5.74) is 1.68. The van der Waals surface area contributed by atoms with Crippen molar-refractivity contribution in [2.75, 3.05) is 12.3 Å². The lowest BCUT2D eigenvalue weighted by Crippen LogP contribution is -2.53. The molecule has 242 valence electrons. The SMILES string of the molecule is CC(C)OC(=O)[C@H](C)NP(=S)(OC[C@@]1(C(F)F)O[C@@H](n2cnc3c(=O)[nH]c(N)nc32)[C@H](O)[C@@H]1O)Oc1cccc2ccccc12. The second-order valence-electron chi connectivity index (χ2n) is 10.7. The van der Waals surface area contributed by atoms with Crippen LogP contribution in [-0.2, 0) is 30.6 Å². The van der Waals surface area contributed by atoms with Crippen molar-refractivity contribution in [2.24, 2.45) is 0 Å². The summed E-state index contributed by atoms with van der Waals surface area (Å²) in [6, 6.07) is 11.2. The van der Waals surface area contributed by atoms with Crippen molar-refractivity contribution in [1.29, 1.82) is 0 Å². The lowest BCUT2D eigenvalue weighted by atomic mass is 9.96. The van der Waals surface area contributed by atoms with Gasteiger partial charge in [-0.2, -0.15) is 4.98 Å². The Kier molecular flexibility index (Phi) is 9.24. The Labute approximate surface area is 259 Å². The number of nitrogens with one attached hydrogen (secondary N) is 2. The van der Waals surface area contributed by atoms with Crippen molar-refractivity contribution in [3.8, 4) is 5.75 Å². The van der Waals surface area contributed by atoms with Gasteiger partial charge in [-0.1, -0.05) is 36.4 Å². The smallest absolute Gasteiger partial charge is 0.323 e. The summed E-state index contributed by atoms with van der Waals surface area (Å²) in [5.74, 6) is -0.758. The molecule has 1 unspecified atom stereocenters. The van der Waals surface area contributed by atoms with Crippen LogP contribution >= 0.6 is 6.64 Å². The molecule has 18 heteroatoms. The molecule has 1 aliphatic heterocycles. The third-order valence-electron chi connectivity index (χ3n) is 7.04. The average molecular weight is 669 g/mol. The van der Waals surface area contributed by atoms with Crippen LogP contribution < -0.4 is 20.9 Å². The van der Waals surface area contributed by atoms with Crippen molar-refractivity contribution in [3.05, 3.63) is 59.1 Å². The molecule has 45 heavy (non-hydrogen) atoms. The van der Waals surface area contributed by atoms with E-state index in [0.717, 1.165) is 16.3 Å². The van der Waals surface area contributed by atoms with Crippen molar-refractivity contribution < 1.29 is 42.3 Å². The van der Waals surface area contributed by atoms with Gasteiger partial charge >= 0.3 is 12.6 Å². The van der Waals surface area contributed by atoms with E-state index in [1.54, 1.807) is 38.1 Å². The van der Waals surface area contributed by atoms with Gasteiger partial charge in [0.2, 0.25) is 5.95 Å². The molecule has 3 heterocycles. The van der Waals surface area contributed by atoms with Crippen LogP contribution in [0.25, 0.3) is 21.9 Å². The highest BCUT2D eigenvalue weighted by atomic mass is 32.5. The summed E-state index contributed by atoms with van der Waals surface area (Å²) in [6.45, 7) is -0.277. The average Bonchev–Trinajstić information content (AvgIpc) is 3.51. The van der Waals surface area contributed by atoms with Crippen molar-refractivity contribution >= 4 is 52.3 Å². The zero-order valence-corrected chi connectivity index (χ0v) is 25.9. The highest BCUT2D eigenvalue weighted by Crippen LogP contribution is 2.50. The summed E-state index contributed by atoms with van der Waals surface area (Å²) < 4.78 is 53.6. The number of alkyl halides is 2. The van der Waals surface area contributed by atoms with Gasteiger partial charge in [-0.05, 0) is 44.0 Å². The number of imidazole rings is 1. The molecule has 4 aromatic rings. The molecule has 0 amide bonds. The number of aromatic amines is 1. The van der Waals surface area contributed by atoms with E-state index in [0.29, 0.717) is 5.39 Å². The van der Waals surface area contributed by atoms with E-state index in [1.807, 2.05) is 18.2 Å². The van der Waals surface area contributed by atoms with Gasteiger partial charge in [0.05, 0.1) is 19.0 Å². The van der Waals surface area contributed by atoms with Crippen LogP contribution in [0, 0.1) is 0 Å². The van der Waals surface area contributed by atoms with Crippen LogP contribution in [0.4, 0.5) is 14.7 Å². The molecule has 1 fully saturated rings. The molecule has 2 aromatic heterocycles. The standard InChI is InChI=1S/C27H31F2N6O8PS/c1-13(2)41-24(39)14(3)34-44(45,43-17-10-6-8-15-7-4-5-9-16(15)17)40-11-27(25(28)29)20(37)19(36)23(42-27)35-12-31-18-21(35)32-26(30)33-22(18)38/h4-10,12-14,19-20,23,25,36-37H,11H2,1-3H3,(H,34,45)(H3,30,32,33,38)/t14-,19+,20-,23+,27+,44?/m0/s1. The highest BCUT2D eigenvalue weighted by molar-refractivity contribution is 8.09. The lowest BCUT2D eigenvalue weighted by Gasteiger charge is -2.34. The number of aromatic nitrogens is 4. The monoisotopic (exact) mass is 668 g/mol. The minimum absolute atomic E-state index is 0.179. The number of aliphatic hydroxyl groups excluding tert-OH is 2. The fourth-order valence-corrected chi connectivity index (χ4v) is 7.25. The van der Waals surface area contributed by atoms with Gasteiger partial charge in [-0.15, -0.1) is 0 Å². The molecule has 5 rings (SSSR count). The number of fused-ring (bicyclic) bond motifs is 2. The minimum Gasteiger partial charge on any atom is -0.462 e. The second-order valence-corrected chi connectivity index (χ2v) is 13.8. The van der Waals surface area contributed by atoms with Gasteiger partial charge < -0.3 is 34.5 Å². The van der Waals surface area contributed by atoms with Gasteiger partial charge in [0.25, 0.3) is 12.0 Å². The van der Waals surface area contributed by atoms with E-state index in [2.05, 4.69) is 20.0 Å². The highest BCUT2D eigenvalue weighted by Gasteiger charge is 2.61. The molecule has 6 atom stereocenters. The fraction of sp³-hybridized carbons (Fsp3) is 0.407. The number of benzene rings is 2. The van der Waals surface area contributed by atoms with E-state index < -0.39 is 67.4 Å². The first kappa shape index (κ1) is 32.8. The van der Waals surface area contributed by atoms with Gasteiger partial charge in [-0.25, -0.2) is 18.9 Å². The summed E-state index contributed by atoms with van der Waals surface area (Å²) in [5, 5.41) is 26.1. The predicted octanol–water partition coefficient (Wildman–Crippen LogP) is 2.36. The molecule has 1 saturated heterocycles. The van der Waals surface area contributed by atoms with Crippen LogP contribution in [0.3, 0.4) is 0 Å². The fourth-order valence-electron chi connectivity index (χ4n) is 4.83. The van der Waals surface area contributed by atoms with Crippen LogP contribution in [-0.4, -0.2) is 78.7 Å².